The van der Waals surface area contributed by atoms with E-state index in [9.17, 15) is 9.59 Å². The normalized spacial score (nSPS) is 19.1. The van der Waals surface area contributed by atoms with Crippen LogP contribution in [-0.2, 0) is 4.79 Å². The van der Waals surface area contributed by atoms with Gasteiger partial charge >= 0.3 is 0 Å². The summed E-state index contributed by atoms with van der Waals surface area (Å²) in [6.45, 7) is 4.16. The molecule has 2 amide bonds. The summed E-state index contributed by atoms with van der Waals surface area (Å²) in [5.41, 5.74) is 2.63. The van der Waals surface area contributed by atoms with Crippen molar-refractivity contribution in [1.29, 1.82) is 0 Å². The molecule has 164 valence electrons. The van der Waals surface area contributed by atoms with Crippen molar-refractivity contribution in [3.63, 3.8) is 0 Å². The second-order valence-corrected chi connectivity index (χ2v) is 8.60. The van der Waals surface area contributed by atoms with Gasteiger partial charge in [0.25, 0.3) is 5.91 Å². The first-order valence-corrected chi connectivity index (χ1v) is 11.7. The minimum absolute atomic E-state index is 0.0343. The standard InChI is InChI=1S/C26H33N3O2/c1-2-28(21-14-8-5-9-15-21)18-19-29-24(22-16-10-11-17-23(22)26(29)31)25(30)27-20-12-6-3-4-7-13-20/h5,8-11,14-17,20,24H,2-4,6-7,12-13,18-19H2,1H3,(H,27,30). The van der Waals surface area contributed by atoms with Crippen LogP contribution in [0.3, 0.4) is 0 Å². The molecular weight excluding hydrogens is 386 g/mol. The largest absolute Gasteiger partial charge is 0.370 e. The Hall–Kier alpha value is -2.82. The number of fused-ring (bicyclic) bond motifs is 1. The monoisotopic (exact) mass is 419 g/mol. The molecule has 2 aromatic rings. The molecule has 0 radical (unpaired) electrons. The highest BCUT2D eigenvalue weighted by Gasteiger charge is 2.41. The smallest absolute Gasteiger partial charge is 0.255 e. The summed E-state index contributed by atoms with van der Waals surface area (Å²) in [5.74, 6) is -0.0753. The molecule has 1 aliphatic heterocycles. The van der Waals surface area contributed by atoms with E-state index >= 15 is 0 Å². The lowest BCUT2D eigenvalue weighted by Crippen LogP contribution is -2.45. The number of benzene rings is 2. The van der Waals surface area contributed by atoms with Crippen LogP contribution in [0.4, 0.5) is 5.69 Å². The highest BCUT2D eigenvalue weighted by molar-refractivity contribution is 6.04. The van der Waals surface area contributed by atoms with E-state index in [1.165, 1.54) is 12.8 Å². The second kappa shape index (κ2) is 9.99. The number of likely N-dealkylation sites (N-methyl/N-ethyl adjacent to an activating group) is 1. The van der Waals surface area contributed by atoms with E-state index in [1.807, 2.05) is 42.5 Å². The third-order valence-corrected chi connectivity index (χ3v) is 6.62. The molecule has 31 heavy (non-hydrogen) atoms. The molecule has 1 fully saturated rings. The summed E-state index contributed by atoms with van der Waals surface area (Å²) in [4.78, 5) is 30.6. The summed E-state index contributed by atoms with van der Waals surface area (Å²) in [7, 11) is 0. The van der Waals surface area contributed by atoms with Gasteiger partial charge in [0, 0.05) is 36.9 Å². The Balaban J connectivity index is 1.52. The molecule has 0 saturated heterocycles. The van der Waals surface area contributed by atoms with Crippen LogP contribution in [0.5, 0.6) is 0 Å². The van der Waals surface area contributed by atoms with E-state index in [-0.39, 0.29) is 17.9 Å². The van der Waals surface area contributed by atoms with Crippen molar-refractivity contribution in [2.75, 3.05) is 24.5 Å². The number of amides is 2. The highest BCUT2D eigenvalue weighted by atomic mass is 16.2. The van der Waals surface area contributed by atoms with E-state index in [0.717, 1.165) is 43.5 Å². The van der Waals surface area contributed by atoms with Crippen LogP contribution < -0.4 is 10.2 Å². The summed E-state index contributed by atoms with van der Waals surface area (Å²) in [5, 5.41) is 3.28. The van der Waals surface area contributed by atoms with Gasteiger partial charge in [0.15, 0.2) is 0 Å². The van der Waals surface area contributed by atoms with Crippen molar-refractivity contribution in [3.05, 3.63) is 65.7 Å². The number of carbonyl (C=O) groups is 2. The van der Waals surface area contributed by atoms with Gasteiger partial charge in [-0.2, -0.15) is 0 Å². The number of carbonyl (C=O) groups excluding carboxylic acids is 2. The van der Waals surface area contributed by atoms with E-state index in [2.05, 4.69) is 29.3 Å². The Kier molecular flexibility index (Phi) is 6.90. The average Bonchev–Trinajstić information content (AvgIpc) is 2.94. The zero-order chi connectivity index (χ0) is 21.6. The van der Waals surface area contributed by atoms with Crippen molar-refractivity contribution in [2.24, 2.45) is 0 Å². The van der Waals surface area contributed by atoms with Crippen LogP contribution in [0.2, 0.25) is 0 Å². The van der Waals surface area contributed by atoms with Gasteiger partial charge < -0.3 is 15.1 Å². The number of rotatable bonds is 7. The highest BCUT2D eigenvalue weighted by Crippen LogP contribution is 2.34. The molecule has 0 bridgehead atoms. The molecule has 0 spiro atoms. The van der Waals surface area contributed by atoms with Gasteiger partial charge in [-0.1, -0.05) is 62.1 Å². The SMILES string of the molecule is CCN(CCN1C(=O)c2ccccc2C1C(=O)NC1CCCCCC1)c1ccccc1. The Labute approximate surface area is 185 Å². The van der Waals surface area contributed by atoms with Gasteiger partial charge in [-0.05, 0) is 43.5 Å². The Morgan fingerprint density at radius 2 is 1.68 bits per heavy atom. The molecular formula is C26H33N3O2. The van der Waals surface area contributed by atoms with Crippen molar-refractivity contribution in [3.8, 4) is 0 Å². The third-order valence-electron chi connectivity index (χ3n) is 6.62. The molecule has 1 aliphatic carbocycles. The maximum absolute atomic E-state index is 13.4. The van der Waals surface area contributed by atoms with E-state index in [4.69, 9.17) is 0 Å². The predicted molar refractivity (Wildman–Crippen MR) is 124 cm³/mol. The Bertz CT molecular complexity index is 891. The van der Waals surface area contributed by atoms with Crippen LogP contribution in [-0.4, -0.2) is 42.4 Å². The van der Waals surface area contributed by atoms with Gasteiger partial charge in [-0.15, -0.1) is 0 Å². The fourth-order valence-electron chi connectivity index (χ4n) is 4.92. The van der Waals surface area contributed by atoms with Gasteiger partial charge in [-0.3, -0.25) is 9.59 Å². The van der Waals surface area contributed by atoms with Crippen molar-refractivity contribution < 1.29 is 9.59 Å². The number of hydrogen-bond acceptors (Lipinski definition) is 3. The molecule has 5 heteroatoms. The molecule has 4 rings (SSSR count). The minimum Gasteiger partial charge on any atom is -0.370 e. The summed E-state index contributed by atoms with van der Waals surface area (Å²) < 4.78 is 0. The molecule has 1 atom stereocenters. The molecule has 1 unspecified atom stereocenters. The summed E-state index contributed by atoms with van der Waals surface area (Å²) >= 11 is 0. The molecule has 0 aromatic heterocycles. The fraction of sp³-hybridized carbons (Fsp3) is 0.462. The predicted octanol–water partition coefficient (Wildman–Crippen LogP) is 4.55. The first-order valence-electron chi connectivity index (χ1n) is 11.7. The topological polar surface area (TPSA) is 52.7 Å². The third kappa shape index (κ3) is 4.76. The first-order chi connectivity index (χ1) is 15.2. The number of para-hydroxylation sites is 1. The molecule has 1 heterocycles. The van der Waals surface area contributed by atoms with E-state index < -0.39 is 6.04 Å². The van der Waals surface area contributed by atoms with Crippen LogP contribution in [0.25, 0.3) is 0 Å². The second-order valence-electron chi connectivity index (χ2n) is 8.60. The molecule has 1 N–H and O–H groups in total. The van der Waals surface area contributed by atoms with E-state index in [1.54, 1.807) is 4.90 Å². The lowest BCUT2D eigenvalue weighted by Gasteiger charge is -2.30. The summed E-state index contributed by atoms with van der Waals surface area (Å²) in [6.07, 6.45) is 6.89. The van der Waals surface area contributed by atoms with Crippen molar-refractivity contribution in [2.45, 2.75) is 57.5 Å². The van der Waals surface area contributed by atoms with Gasteiger partial charge in [0.1, 0.15) is 6.04 Å². The zero-order valence-electron chi connectivity index (χ0n) is 18.4. The minimum atomic E-state index is -0.540. The quantitative estimate of drug-likeness (QED) is 0.670. The Morgan fingerprint density at radius 3 is 2.39 bits per heavy atom. The number of anilines is 1. The van der Waals surface area contributed by atoms with E-state index in [0.29, 0.717) is 18.7 Å². The first kappa shape index (κ1) is 21.4. The van der Waals surface area contributed by atoms with Gasteiger partial charge in [-0.25, -0.2) is 0 Å². The number of nitrogens with one attached hydrogen (secondary N) is 1. The number of hydrogen-bond donors (Lipinski definition) is 1. The summed E-state index contributed by atoms with van der Waals surface area (Å²) in [6, 6.07) is 17.5. The maximum atomic E-state index is 13.4. The zero-order valence-corrected chi connectivity index (χ0v) is 18.4. The molecule has 2 aromatic carbocycles. The lowest BCUT2D eigenvalue weighted by atomic mass is 10.0. The van der Waals surface area contributed by atoms with Crippen LogP contribution in [0.15, 0.2) is 54.6 Å². The Morgan fingerprint density at radius 1 is 1.00 bits per heavy atom. The maximum Gasteiger partial charge on any atom is 0.255 e. The van der Waals surface area contributed by atoms with Crippen LogP contribution >= 0.6 is 0 Å². The van der Waals surface area contributed by atoms with Crippen LogP contribution in [0, 0.1) is 0 Å². The average molecular weight is 420 g/mol. The lowest BCUT2D eigenvalue weighted by molar-refractivity contribution is -0.126. The molecule has 5 nitrogen and oxygen atoms in total. The van der Waals surface area contributed by atoms with Crippen LogP contribution in [0.1, 0.15) is 67.4 Å². The fourth-order valence-corrected chi connectivity index (χ4v) is 4.92. The van der Waals surface area contributed by atoms with Crippen molar-refractivity contribution >= 4 is 17.5 Å². The van der Waals surface area contributed by atoms with Gasteiger partial charge in [0.2, 0.25) is 5.91 Å². The van der Waals surface area contributed by atoms with Crippen molar-refractivity contribution in [1.82, 2.24) is 10.2 Å². The molecule has 1 saturated carbocycles. The number of nitrogens with zero attached hydrogens (tertiary/aromatic N) is 2. The molecule has 2 aliphatic rings. The van der Waals surface area contributed by atoms with Gasteiger partial charge in [0.05, 0.1) is 0 Å².